The van der Waals surface area contributed by atoms with Gasteiger partial charge in [-0.3, -0.25) is 9.78 Å². The molecule has 2 atom stereocenters. The maximum absolute atomic E-state index is 13.0. The van der Waals surface area contributed by atoms with Crippen LogP contribution >= 0.6 is 12.4 Å². The monoisotopic (exact) mass is 443 g/mol. The Bertz CT molecular complexity index is 1030. The van der Waals surface area contributed by atoms with Crippen LogP contribution in [0.5, 0.6) is 0 Å². The lowest BCUT2D eigenvalue weighted by atomic mass is 9.93. The van der Waals surface area contributed by atoms with Gasteiger partial charge in [-0.1, -0.05) is 18.2 Å². The summed E-state index contributed by atoms with van der Waals surface area (Å²) in [6, 6.07) is 5.78. The van der Waals surface area contributed by atoms with Gasteiger partial charge in [-0.25, -0.2) is 4.79 Å². The van der Waals surface area contributed by atoms with E-state index in [1.807, 2.05) is 6.07 Å². The average Bonchev–Trinajstić information content (AvgIpc) is 3.24. The number of aromatic nitrogens is 2. The van der Waals surface area contributed by atoms with Crippen molar-refractivity contribution in [2.24, 2.45) is 5.92 Å². The zero-order chi connectivity index (χ0) is 20.8. The molecule has 1 aliphatic carbocycles. The third-order valence-electron chi connectivity index (χ3n) is 6.29. The standard InChI is InChI=1S/C21H24F3N3O2.ClH/c1-14-11-27(19(29)25-18(14)28)8-3-2-7-26-12-17-10-20(17,13-26)15-5-4-6-16(9-15)21(22,23)24;/h4-6,9,11,17H,2-3,7-8,10,12-13H2,1H3,(H,25,28,29);1H/t17-,20?;/m1./s1. The molecule has 2 aromatic rings. The summed E-state index contributed by atoms with van der Waals surface area (Å²) in [4.78, 5) is 27.8. The van der Waals surface area contributed by atoms with E-state index in [-0.39, 0.29) is 23.4 Å². The predicted molar refractivity (Wildman–Crippen MR) is 110 cm³/mol. The molecule has 164 valence electrons. The van der Waals surface area contributed by atoms with Crippen molar-refractivity contribution in [2.75, 3.05) is 19.6 Å². The minimum Gasteiger partial charge on any atom is -0.302 e. The number of H-pyrrole nitrogens is 1. The van der Waals surface area contributed by atoms with Crippen molar-refractivity contribution < 1.29 is 13.2 Å². The van der Waals surface area contributed by atoms with Gasteiger partial charge in [-0.15, -0.1) is 12.4 Å². The number of hydrogen-bond donors (Lipinski definition) is 1. The second-order valence-electron chi connectivity index (χ2n) is 8.34. The molecule has 2 heterocycles. The molecule has 9 heteroatoms. The third kappa shape index (κ3) is 4.34. The van der Waals surface area contributed by atoms with E-state index in [0.29, 0.717) is 18.0 Å². The first kappa shape index (κ1) is 22.6. The number of alkyl halides is 3. The summed E-state index contributed by atoms with van der Waals surface area (Å²) in [5, 5.41) is 0. The summed E-state index contributed by atoms with van der Waals surface area (Å²) < 4.78 is 40.6. The van der Waals surface area contributed by atoms with Gasteiger partial charge in [0.15, 0.2) is 0 Å². The number of piperidine rings is 1. The largest absolute Gasteiger partial charge is 0.416 e. The van der Waals surface area contributed by atoms with Crippen LogP contribution in [-0.2, 0) is 18.1 Å². The Hall–Kier alpha value is -2.06. The highest BCUT2D eigenvalue weighted by atomic mass is 35.5. The number of nitrogens with one attached hydrogen (secondary N) is 1. The lowest BCUT2D eigenvalue weighted by molar-refractivity contribution is -0.137. The maximum atomic E-state index is 13.0. The molecule has 4 rings (SSSR count). The molecule has 1 saturated heterocycles. The number of halogens is 4. The Morgan fingerprint density at radius 3 is 2.67 bits per heavy atom. The molecule has 0 bridgehead atoms. The topological polar surface area (TPSA) is 58.1 Å². The first-order valence-corrected chi connectivity index (χ1v) is 9.89. The molecule has 2 aliphatic rings. The second kappa shape index (κ2) is 8.23. The fourth-order valence-corrected chi connectivity index (χ4v) is 4.61. The summed E-state index contributed by atoms with van der Waals surface area (Å²) in [7, 11) is 0. The fraction of sp³-hybridized carbons (Fsp3) is 0.524. The molecule has 30 heavy (non-hydrogen) atoms. The van der Waals surface area contributed by atoms with Crippen LogP contribution in [0.1, 0.15) is 36.0 Å². The van der Waals surface area contributed by atoms with Gasteiger partial charge in [0, 0.05) is 36.8 Å². The van der Waals surface area contributed by atoms with Crippen molar-refractivity contribution in [3.63, 3.8) is 0 Å². The van der Waals surface area contributed by atoms with Crippen LogP contribution < -0.4 is 11.2 Å². The van der Waals surface area contributed by atoms with Crippen LogP contribution in [0.4, 0.5) is 13.2 Å². The molecule has 0 radical (unpaired) electrons. The zero-order valence-electron chi connectivity index (χ0n) is 16.7. The molecule has 0 amide bonds. The Morgan fingerprint density at radius 2 is 1.93 bits per heavy atom. The van der Waals surface area contributed by atoms with Gasteiger partial charge in [0.05, 0.1) is 5.56 Å². The minimum absolute atomic E-state index is 0. The van der Waals surface area contributed by atoms with Gasteiger partial charge < -0.3 is 9.47 Å². The number of nitrogens with zero attached hydrogens (tertiary/aromatic N) is 2. The summed E-state index contributed by atoms with van der Waals surface area (Å²) in [5.74, 6) is 0.426. The summed E-state index contributed by atoms with van der Waals surface area (Å²) in [6.07, 6.45) is -0.0989. The van der Waals surface area contributed by atoms with Crippen molar-refractivity contribution in [1.29, 1.82) is 0 Å². The van der Waals surface area contributed by atoms with Crippen molar-refractivity contribution >= 4 is 12.4 Å². The van der Waals surface area contributed by atoms with E-state index < -0.39 is 17.4 Å². The van der Waals surface area contributed by atoms with Crippen LogP contribution in [-0.4, -0.2) is 34.1 Å². The normalized spacial score (nSPS) is 23.1. The average molecular weight is 444 g/mol. The van der Waals surface area contributed by atoms with Crippen LogP contribution in [0.2, 0.25) is 0 Å². The summed E-state index contributed by atoms with van der Waals surface area (Å²) in [6.45, 7) is 4.75. The van der Waals surface area contributed by atoms with E-state index in [4.69, 9.17) is 0 Å². The van der Waals surface area contributed by atoms with Crippen LogP contribution in [0.25, 0.3) is 0 Å². The number of fused-ring (bicyclic) bond motifs is 1. The van der Waals surface area contributed by atoms with Gasteiger partial charge in [-0.05, 0) is 50.3 Å². The Kier molecular flexibility index (Phi) is 6.20. The molecular formula is C21H25ClF3N3O2. The third-order valence-corrected chi connectivity index (χ3v) is 6.29. The second-order valence-corrected chi connectivity index (χ2v) is 8.34. The number of rotatable bonds is 6. The molecule has 1 saturated carbocycles. The van der Waals surface area contributed by atoms with E-state index in [2.05, 4.69) is 9.88 Å². The molecule has 1 aliphatic heterocycles. The molecule has 1 N–H and O–H groups in total. The Balaban J connectivity index is 0.00000256. The van der Waals surface area contributed by atoms with Gasteiger partial charge in [-0.2, -0.15) is 13.2 Å². The molecule has 5 nitrogen and oxygen atoms in total. The minimum atomic E-state index is -4.31. The first-order valence-electron chi connectivity index (χ1n) is 9.89. The highest BCUT2D eigenvalue weighted by molar-refractivity contribution is 5.85. The fourth-order valence-electron chi connectivity index (χ4n) is 4.61. The smallest absolute Gasteiger partial charge is 0.302 e. The Labute approximate surface area is 178 Å². The molecule has 1 aromatic heterocycles. The highest BCUT2D eigenvalue weighted by Gasteiger charge is 2.60. The summed E-state index contributed by atoms with van der Waals surface area (Å²) in [5.41, 5.74) is -0.153. The van der Waals surface area contributed by atoms with Gasteiger partial charge in [0.2, 0.25) is 0 Å². The van der Waals surface area contributed by atoms with Crippen molar-refractivity contribution in [3.8, 4) is 0 Å². The van der Waals surface area contributed by atoms with Crippen molar-refractivity contribution in [3.05, 3.63) is 68.0 Å². The van der Waals surface area contributed by atoms with E-state index in [1.54, 1.807) is 13.1 Å². The van der Waals surface area contributed by atoms with Crippen LogP contribution in [0, 0.1) is 12.8 Å². The molecule has 0 spiro atoms. The quantitative estimate of drug-likeness (QED) is 0.697. The number of hydrogen-bond acceptors (Lipinski definition) is 3. The van der Waals surface area contributed by atoms with E-state index in [1.165, 1.54) is 16.7 Å². The zero-order valence-corrected chi connectivity index (χ0v) is 17.5. The predicted octanol–water partition coefficient (Wildman–Crippen LogP) is 3.34. The Morgan fingerprint density at radius 1 is 1.20 bits per heavy atom. The number of aromatic amines is 1. The van der Waals surface area contributed by atoms with E-state index in [9.17, 15) is 22.8 Å². The lowest BCUT2D eigenvalue weighted by Crippen LogP contribution is -2.31. The van der Waals surface area contributed by atoms with Crippen molar-refractivity contribution in [2.45, 2.75) is 44.3 Å². The van der Waals surface area contributed by atoms with Crippen molar-refractivity contribution in [1.82, 2.24) is 14.5 Å². The lowest BCUT2D eigenvalue weighted by Gasteiger charge is -2.21. The van der Waals surface area contributed by atoms with E-state index >= 15 is 0 Å². The number of aryl methyl sites for hydroxylation is 2. The van der Waals surface area contributed by atoms with E-state index in [0.717, 1.165) is 50.5 Å². The number of unbranched alkanes of at least 4 members (excludes halogenated alkanes) is 1. The maximum Gasteiger partial charge on any atom is 0.416 e. The molecular weight excluding hydrogens is 419 g/mol. The first-order chi connectivity index (χ1) is 13.7. The highest BCUT2D eigenvalue weighted by Crippen LogP contribution is 2.59. The van der Waals surface area contributed by atoms with Gasteiger partial charge >= 0.3 is 11.9 Å². The SMILES string of the molecule is Cc1cn(CCCCN2C[C@H]3CC3(c3cccc(C(F)(F)F)c3)C2)c(=O)[nH]c1=O.Cl. The number of likely N-dealkylation sites (tertiary alicyclic amines) is 1. The molecule has 2 fully saturated rings. The number of benzene rings is 1. The molecule has 1 unspecified atom stereocenters. The van der Waals surface area contributed by atoms with Crippen LogP contribution in [0.15, 0.2) is 40.1 Å². The molecule has 1 aromatic carbocycles. The van der Waals surface area contributed by atoms with Gasteiger partial charge in [0.1, 0.15) is 0 Å². The van der Waals surface area contributed by atoms with Gasteiger partial charge in [0.25, 0.3) is 5.56 Å². The van der Waals surface area contributed by atoms with Crippen LogP contribution in [0.3, 0.4) is 0 Å². The summed E-state index contributed by atoms with van der Waals surface area (Å²) >= 11 is 0.